The zero-order valence-corrected chi connectivity index (χ0v) is 7.48. The van der Waals surface area contributed by atoms with E-state index < -0.39 is 6.43 Å². The Morgan fingerprint density at radius 1 is 1.62 bits per heavy atom. The normalized spacial score (nSPS) is 10.5. The van der Waals surface area contributed by atoms with Gasteiger partial charge in [-0.1, -0.05) is 11.6 Å². The van der Waals surface area contributed by atoms with Gasteiger partial charge in [-0.05, 0) is 6.07 Å². The predicted octanol–water partition coefficient (Wildman–Crippen LogP) is 2.26. The summed E-state index contributed by atoms with van der Waals surface area (Å²) in [5.74, 6) is -0.222. The lowest BCUT2D eigenvalue weighted by Gasteiger charge is -2.07. The molecule has 1 aromatic heterocycles. The monoisotopic (exact) mass is 208 g/mol. The second-order valence-electron chi connectivity index (χ2n) is 2.25. The van der Waals surface area contributed by atoms with E-state index in [1.807, 2.05) is 0 Å². The summed E-state index contributed by atoms with van der Waals surface area (Å²) in [7, 11) is 1.33. The molecule has 0 aliphatic heterocycles. The molecule has 0 aliphatic carbocycles. The van der Waals surface area contributed by atoms with E-state index in [1.165, 1.54) is 7.11 Å². The van der Waals surface area contributed by atoms with Gasteiger partial charge < -0.3 is 10.5 Å². The van der Waals surface area contributed by atoms with Crippen LogP contribution in [0.5, 0.6) is 5.88 Å². The molecule has 6 heteroatoms. The molecule has 1 heterocycles. The Hall–Kier alpha value is -1.10. The first-order valence-electron chi connectivity index (χ1n) is 3.34. The standard InChI is InChI=1S/C7H7ClF2N2O/c1-13-7-4(8)2-3(5(9)10)6(11)12-7/h2,5H,1H3,(H2,11,12). The van der Waals surface area contributed by atoms with Gasteiger partial charge in [-0.15, -0.1) is 0 Å². The van der Waals surface area contributed by atoms with Crippen molar-refractivity contribution in [3.8, 4) is 5.88 Å². The summed E-state index contributed by atoms with van der Waals surface area (Å²) in [6.07, 6.45) is -2.68. The number of ether oxygens (including phenoxy) is 1. The lowest BCUT2D eigenvalue weighted by atomic mass is 10.2. The van der Waals surface area contributed by atoms with E-state index in [0.717, 1.165) is 6.07 Å². The van der Waals surface area contributed by atoms with Gasteiger partial charge in [0.1, 0.15) is 10.8 Å². The molecule has 0 amide bonds. The Morgan fingerprint density at radius 2 is 2.23 bits per heavy atom. The van der Waals surface area contributed by atoms with E-state index in [9.17, 15) is 8.78 Å². The number of methoxy groups -OCH3 is 1. The van der Waals surface area contributed by atoms with E-state index in [2.05, 4.69) is 4.98 Å². The van der Waals surface area contributed by atoms with E-state index in [0.29, 0.717) is 0 Å². The Balaban J connectivity index is 3.20. The van der Waals surface area contributed by atoms with Crippen LogP contribution in [0.2, 0.25) is 5.02 Å². The summed E-state index contributed by atoms with van der Waals surface area (Å²) in [6, 6.07) is 1.05. The molecule has 13 heavy (non-hydrogen) atoms. The number of hydrogen-bond donors (Lipinski definition) is 1. The summed E-state index contributed by atoms with van der Waals surface area (Å²) in [6.45, 7) is 0. The van der Waals surface area contributed by atoms with E-state index in [-0.39, 0.29) is 22.3 Å². The summed E-state index contributed by atoms with van der Waals surface area (Å²) in [5, 5.41) is 0.0204. The van der Waals surface area contributed by atoms with Crippen molar-refractivity contribution < 1.29 is 13.5 Å². The van der Waals surface area contributed by atoms with Gasteiger partial charge in [0.15, 0.2) is 0 Å². The van der Waals surface area contributed by atoms with Crippen LogP contribution in [-0.2, 0) is 0 Å². The SMILES string of the molecule is COc1nc(N)c(C(F)F)cc1Cl. The molecule has 0 spiro atoms. The van der Waals surface area contributed by atoms with Crippen molar-refractivity contribution in [2.24, 2.45) is 0 Å². The molecular formula is C7H7ClF2N2O. The summed E-state index contributed by atoms with van der Waals surface area (Å²) in [5.41, 5.74) is 4.85. The molecule has 2 N–H and O–H groups in total. The van der Waals surface area contributed by atoms with Crippen LogP contribution in [0.15, 0.2) is 6.07 Å². The molecule has 0 saturated heterocycles. The van der Waals surface area contributed by atoms with Crippen molar-refractivity contribution in [3.05, 3.63) is 16.7 Å². The largest absolute Gasteiger partial charge is 0.480 e. The fourth-order valence-corrected chi connectivity index (χ4v) is 1.05. The molecule has 0 aromatic carbocycles. The number of aromatic nitrogens is 1. The van der Waals surface area contributed by atoms with Crippen LogP contribution >= 0.6 is 11.6 Å². The van der Waals surface area contributed by atoms with Crippen LogP contribution in [0.1, 0.15) is 12.0 Å². The van der Waals surface area contributed by atoms with Gasteiger partial charge in [0, 0.05) is 0 Å². The van der Waals surface area contributed by atoms with Gasteiger partial charge in [-0.2, -0.15) is 4.98 Å². The molecule has 0 saturated carbocycles. The van der Waals surface area contributed by atoms with Crippen LogP contribution in [-0.4, -0.2) is 12.1 Å². The lowest BCUT2D eigenvalue weighted by molar-refractivity contribution is 0.152. The van der Waals surface area contributed by atoms with E-state index in [4.69, 9.17) is 22.1 Å². The number of nitrogen functional groups attached to an aromatic ring is 1. The van der Waals surface area contributed by atoms with Crippen LogP contribution in [0.3, 0.4) is 0 Å². The first kappa shape index (κ1) is 9.98. The minimum atomic E-state index is -2.68. The van der Waals surface area contributed by atoms with E-state index >= 15 is 0 Å². The zero-order valence-electron chi connectivity index (χ0n) is 6.72. The Labute approximate surface area is 78.5 Å². The number of hydrogen-bond acceptors (Lipinski definition) is 3. The first-order chi connectivity index (χ1) is 6.06. The zero-order chi connectivity index (χ0) is 10.0. The average Bonchev–Trinajstić information content (AvgIpc) is 2.07. The van der Waals surface area contributed by atoms with Gasteiger partial charge in [-0.3, -0.25) is 0 Å². The molecule has 0 bridgehead atoms. The number of halogens is 3. The number of nitrogens with two attached hydrogens (primary N) is 1. The van der Waals surface area contributed by atoms with Gasteiger partial charge in [0.25, 0.3) is 6.43 Å². The molecule has 1 rings (SSSR count). The van der Waals surface area contributed by atoms with Gasteiger partial charge >= 0.3 is 0 Å². The first-order valence-corrected chi connectivity index (χ1v) is 3.72. The van der Waals surface area contributed by atoms with Crippen molar-refractivity contribution in [3.63, 3.8) is 0 Å². The smallest absolute Gasteiger partial charge is 0.267 e. The molecule has 0 aliphatic rings. The van der Waals surface area contributed by atoms with Gasteiger partial charge in [-0.25, -0.2) is 8.78 Å². The second kappa shape index (κ2) is 3.74. The summed E-state index contributed by atoms with van der Waals surface area (Å²) in [4.78, 5) is 3.56. The number of alkyl halides is 2. The molecule has 0 radical (unpaired) electrons. The van der Waals surface area contributed by atoms with Gasteiger partial charge in [0.05, 0.1) is 12.7 Å². The lowest BCUT2D eigenvalue weighted by Crippen LogP contribution is -2.00. The average molecular weight is 209 g/mol. The highest BCUT2D eigenvalue weighted by molar-refractivity contribution is 6.32. The van der Waals surface area contributed by atoms with Crippen LogP contribution in [0.25, 0.3) is 0 Å². The maximum absolute atomic E-state index is 12.2. The molecule has 0 fully saturated rings. The maximum atomic E-state index is 12.2. The van der Waals surface area contributed by atoms with Crippen molar-refractivity contribution in [2.75, 3.05) is 12.8 Å². The third-order valence-corrected chi connectivity index (χ3v) is 1.70. The molecular weight excluding hydrogens is 202 g/mol. The van der Waals surface area contributed by atoms with Crippen LogP contribution in [0.4, 0.5) is 14.6 Å². The highest BCUT2D eigenvalue weighted by atomic mass is 35.5. The van der Waals surface area contributed by atoms with Crippen LogP contribution in [0, 0.1) is 0 Å². The number of anilines is 1. The topological polar surface area (TPSA) is 48.1 Å². The fraction of sp³-hybridized carbons (Fsp3) is 0.286. The van der Waals surface area contributed by atoms with Gasteiger partial charge in [0.2, 0.25) is 5.88 Å². The van der Waals surface area contributed by atoms with Crippen molar-refractivity contribution in [2.45, 2.75) is 6.43 Å². The Morgan fingerprint density at radius 3 is 2.69 bits per heavy atom. The molecule has 0 atom stereocenters. The highest BCUT2D eigenvalue weighted by Gasteiger charge is 2.15. The Kier molecular flexibility index (Phi) is 2.87. The minimum absolute atomic E-state index is 0.0204. The maximum Gasteiger partial charge on any atom is 0.267 e. The van der Waals surface area contributed by atoms with Crippen molar-refractivity contribution >= 4 is 17.4 Å². The third kappa shape index (κ3) is 1.98. The Bertz CT molecular complexity index is 320. The molecule has 0 unspecified atom stereocenters. The number of nitrogens with zero attached hydrogens (tertiary/aromatic N) is 1. The van der Waals surface area contributed by atoms with Crippen molar-refractivity contribution in [1.29, 1.82) is 0 Å². The quantitative estimate of drug-likeness (QED) is 0.811. The molecule has 1 aromatic rings. The summed E-state index contributed by atoms with van der Waals surface area (Å²) >= 11 is 5.57. The predicted molar refractivity (Wildman–Crippen MR) is 45.2 cm³/mol. The highest BCUT2D eigenvalue weighted by Crippen LogP contribution is 2.31. The number of pyridine rings is 1. The van der Waals surface area contributed by atoms with Crippen LogP contribution < -0.4 is 10.5 Å². The third-order valence-electron chi connectivity index (χ3n) is 1.43. The van der Waals surface area contributed by atoms with Crippen molar-refractivity contribution in [1.82, 2.24) is 4.98 Å². The minimum Gasteiger partial charge on any atom is -0.480 e. The fourth-order valence-electron chi connectivity index (χ4n) is 0.817. The molecule has 3 nitrogen and oxygen atoms in total. The van der Waals surface area contributed by atoms with E-state index in [1.54, 1.807) is 0 Å². The number of rotatable bonds is 2. The second-order valence-corrected chi connectivity index (χ2v) is 2.66. The molecule has 72 valence electrons. The summed E-state index contributed by atoms with van der Waals surface area (Å²) < 4.78 is 29.1.